The fourth-order valence-corrected chi connectivity index (χ4v) is 2.11. The second-order valence-electron chi connectivity index (χ2n) is 4.31. The van der Waals surface area contributed by atoms with Crippen molar-refractivity contribution in [2.24, 2.45) is 0 Å². The average Bonchev–Trinajstić information content (AvgIpc) is 2.53. The molecule has 0 spiro atoms. The van der Waals surface area contributed by atoms with E-state index in [-0.39, 0.29) is 0 Å². The molecule has 0 amide bonds. The van der Waals surface area contributed by atoms with Crippen LogP contribution in [-0.4, -0.2) is 24.2 Å². The molecule has 0 bridgehead atoms. The summed E-state index contributed by atoms with van der Waals surface area (Å²) in [5, 5.41) is 0. The minimum absolute atomic E-state index is 0.693. The van der Waals surface area contributed by atoms with Crippen molar-refractivity contribution in [1.29, 1.82) is 0 Å². The van der Waals surface area contributed by atoms with Gasteiger partial charge in [0.05, 0.1) is 30.9 Å². The van der Waals surface area contributed by atoms with Gasteiger partial charge < -0.3 is 9.47 Å². The highest BCUT2D eigenvalue weighted by Gasteiger charge is 2.07. The summed E-state index contributed by atoms with van der Waals surface area (Å²) in [6, 6.07) is 13.5. The molecule has 2 heterocycles. The van der Waals surface area contributed by atoms with Crippen LogP contribution in [0.4, 0.5) is 0 Å². The maximum atomic E-state index is 5.32. The van der Waals surface area contributed by atoms with Crippen molar-refractivity contribution in [3.05, 3.63) is 48.7 Å². The van der Waals surface area contributed by atoms with Crippen molar-refractivity contribution >= 4 is 11.0 Å². The van der Waals surface area contributed by atoms with Crippen LogP contribution in [0.3, 0.4) is 0 Å². The Hall–Kier alpha value is -2.62. The summed E-state index contributed by atoms with van der Waals surface area (Å²) < 4.78 is 10.6. The predicted molar refractivity (Wildman–Crippen MR) is 78.1 cm³/mol. The zero-order chi connectivity index (χ0) is 13.9. The quantitative estimate of drug-likeness (QED) is 0.729. The molecule has 100 valence electrons. The Morgan fingerprint density at radius 1 is 0.850 bits per heavy atom. The summed E-state index contributed by atoms with van der Waals surface area (Å²) in [5.74, 6) is 1.40. The predicted octanol–water partition coefficient (Wildman–Crippen LogP) is 3.31. The van der Waals surface area contributed by atoms with E-state index >= 15 is 0 Å². The van der Waals surface area contributed by atoms with Gasteiger partial charge in [0.1, 0.15) is 0 Å². The van der Waals surface area contributed by atoms with Crippen LogP contribution in [0.25, 0.3) is 22.3 Å². The summed E-state index contributed by atoms with van der Waals surface area (Å²) >= 11 is 0. The van der Waals surface area contributed by atoms with Crippen molar-refractivity contribution in [2.75, 3.05) is 14.2 Å². The first-order valence-electron chi connectivity index (χ1n) is 6.26. The van der Waals surface area contributed by atoms with Crippen LogP contribution in [-0.2, 0) is 0 Å². The molecule has 4 nitrogen and oxygen atoms in total. The number of benzene rings is 1. The molecular formula is C16H14N2O2. The lowest BCUT2D eigenvalue weighted by molar-refractivity contribution is 0.355. The van der Waals surface area contributed by atoms with Crippen LogP contribution in [0.2, 0.25) is 0 Å². The Labute approximate surface area is 117 Å². The summed E-state index contributed by atoms with van der Waals surface area (Å²) in [4.78, 5) is 8.89. The SMILES string of the molecule is COc1ccc(-c2ccc3ncccc3n2)cc1OC. The normalized spacial score (nSPS) is 10.5. The highest BCUT2D eigenvalue weighted by molar-refractivity contribution is 5.78. The van der Waals surface area contributed by atoms with E-state index in [0.717, 1.165) is 22.3 Å². The summed E-state index contributed by atoms with van der Waals surface area (Å²) in [7, 11) is 3.25. The van der Waals surface area contributed by atoms with Gasteiger partial charge in [0.15, 0.2) is 11.5 Å². The Kier molecular flexibility index (Phi) is 3.21. The minimum Gasteiger partial charge on any atom is -0.493 e. The van der Waals surface area contributed by atoms with Gasteiger partial charge in [-0.15, -0.1) is 0 Å². The Morgan fingerprint density at radius 2 is 1.70 bits per heavy atom. The maximum Gasteiger partial charge on any atom is 0.161 e. The van der Waals surface area contributed by atoms with Gasteiger partial charge in [-0.3, -0.25) is 4.98 Å². The topological polar surface area (TPSA) is 44.2 Å². The van der Waals surface area contributed by atoms with Crippen molar-refractivity contribution in [3.63, 3.8) is 0 Å². The first-order chi connectivity index (χ1) is 9.81. The largest absolute Gasteiger partial charge is 0.493 e. The van der Waals surface area contributed by atoms with Crippen molar-refractivity contribution in [2.45, 2.75) is 0 Å². The standard InChI is InChI=1S/C16H14N2O2/c1-19-15-8-5-11(10-16(15)20-2)12-6-7-13-14(18-12)4-3-9-17-13/h3-10H,1-2H3. The van der Waals surface area contributed by atoms with Crippen molar-refractivity contribution in [1.82, 2.24) is 9.97 Å². The number of hydrogen-bond acceptors (Lipinski definition) is 4. The van der Waals surface area contributed by atoms with E-state index < -0.39 is 0 Å². The molecule has 0 aliphatic heterocycles. The van der Waals surface area contributed by atoms with Gasteiger partial charge in [-0.2, -0.15) is 0 Å². The third kappa shape index (κ3) is 2.16. The third-order valence-electron chi connectivity index (χ3n) is 3.14. The maximum absolute atomic E-state index is 5.32. The minimum atomic E-state index is 0.693. The van der Waals surface area contributed by atoms with E-state index in [1.54, 1.807) is 20.4 Å². The lowest BCUT2D eigenvalue weighted by atomic mass is 10.1. The van der Waals surface area contributed by atoms with Gasteiger partial charge in [-0.25, -0.2) is 4.98 Å². The molecule has 3 rings (SSSR count). The summed E-state index contributed by atoms with van der Waals surface area (Å²) in [5.41, 5.74) is 3.62. The van der Waals surface area contributed by atoms with Crippen LogP contribution in [0.15, 0.2) is 48.7 Å². The highest BCUT2D eigenvalue weighted by Crippen LogP contribution is 2.31. The van der Waals surface area contributed by atoms with Gasteiger partial charge in [0.25, 0.3) is 0 Å². The average molecular weight is 266 g/mol. The molecule has 0 aliphatic carbocycles. The van der Waals surface area contributed by atoms with Crippen LogP contribution in [0, 0.1) is 0 Å². The monoisotopic (exact) mass is 266 g/mol. The van der Waals surface area contributed by atoms with E-state index in [9.17, 15) is 0 Å². The van der Waals surface area contributed by atoms with Gasteiger partial charge in [-0.1, -0.05) is 0 Å². The number of fused-ring (bicyclic) bond motifs is 1. The molecule has 2 aromatic heterocycles. The van der Waals surface area contributed by atoms with E-state index in [0.29, 0.717) is 11.5 Å². The zero-order valence-corrected chi connectivity index (χ0v) is 11.3. The smallest absolute Gasteiger partial charge is 0.161 e. The molecule has 0 atom stereocenters. The molecule has 3 aromatic rings. The van der Waals surface area contributed by atoms with Crippen LogP contribution in [0.5, 0.6) is 11.5 Å². The molecular weight excluding hydrogens is 252 g/mol. The molecule has 4 heteroatoms. The van der Waals surface area contributed by atoms with Crippen molar-refractivity contribution in [3.8, 4) is 22.8 Å². The molecule has 0 fully saturated rings. The Bertz CT molecular complexity index is 756. The Balaban J connectivity index is 2.10. The number of pyridine rings is 2. The number of aromatic nitrogens is 2. The molecule has 20 heavy (non-hydrogen) atoms. The van der Waals surface area contributed by atoms with Crippen LogP contribution in [0.1, 0.15) is 0 Å². The molecule has 0 N–H and O–H groups in total. The van der Waals surface area contributed by atoms with Gasteiger partial charge in [0.2, 0.25) is 0 Å². The fourth-order valence-electron chi connectivity index (χ4n) is 2.11. The van der Waals surface area contributed by atoms with E-state index in [1.807, 2.05) is 42.5 Å². The zero-order valence-electron chi connectivity index (χ0n) is 11.3. The molecule has 0 unspecified atom stereocenters. The number of methoxy groups -OCH3 is 2. The summed E-state index contributed by atoms with van der Waals surface area (Å²) in [6.07, 6.45) is 1.76. The molecule has 0 saturated heterocycles. The van der Waals surface area contributed by atoms with Crippen LogP contribution >= 0.6 is 0 Å². The molecule has 1 aromatic carbocycles. The number of ether oxygens (including phenoxy) is 2. The first-order valence-corrected chi connectivity index (χ1v) is 6.26. The van der Waals surface area contributed by atoms with Crippen LogP contribution < -0.4 is 9.47 Å². The lowest BCUT2D eigenvalue weighted by Gasteiger charge is -2.09. The molecule has 0 radical (unpaired) electrons. The second-order valence-corrected chi connectivity index (χ2v) is 4.31. The number of hydrogen-bond donors (Lipinski definition) is 0. The van der Waals surface area contributed by atoms with E-state index in [1.165, 1.54) is 0 Å². The van der Waals surface area contributed by atoms with E-state index in [2.05, 4.69) is 9.97 Å². The number of rotatable bonds is 3. The van der Waals surface area contributed by atoms with Gasteiger partial charge in [0, 0.05) is 11.8 Å². The highest BCUT2D eigenvalue weighted by atomic mass is 16.5. The second kappa shape index (κ2) is 5.17. The number of nitrogens with zero attached hydrogens (tertiary/aromatic N) is 2. The van der Waals surface area contributed by atoms with Gasteiger partial charge >= 0.3 is 0 Å². The van der Waals surface area contributed by atoms with E-state index in [4.69, 9.17) is 9.47 Å². The molecule has 0 saturated carbocycles. The first kappa shape index (κ1) is 12.4. The van der Waals surface area contributed by atoms with Crippen molar-refractivity contribution < 1.29 is 9.47 Å². The molecule has 0 aliphatic rings. The summed E-state index contributed by atoms with van der Waals surface area (Å²) in [6.45, 7) is 0. The lowest BCUT2D eigenvalue weighted by Crippen LogP contribution is -1.92. The fraction of sp³-hybridized carbons (Fsp3) is 0.125. The Morgan fingerprint density at radius 3 is 2.50 bits per heavy atom. The van der Waals surface area contributed by atoms with Gasteiger partial charge in [-0.05, 0) is 42.5 Å². The third-order valence-corrected chi connectivity index (χ3v) is 3.14.